The summed E-state index contributed by atoms with van der Waals surface area (Å²) < 4.78 is 0.756. The minimum atomic E-state index is -0.146. The van der Waals surface area contributed by atoms with Gasteiger partial charge in [-0.15, -0.1) is 0 Å². The highest BCUT2D eigenvalue weighted by Crippen LogP contribution is 2.22. The van der Waals surface area contributed by atoms with Crippen molar-refractivity contribution in [3.05, 3.63) is 27.5 Å². The fraction of sp³-hybridized carbons (Fsp3) is 0.500. The van der Waals surface area contributed by atoms with E-state index in [4.69, 9.17) is 11.6 Å². The van der Waals surface area contributed by atoms with Crippen LogP contribution >= 0.6 is 39.3 Å². The maximum absolute atomic E-state index is 12.0. The van der Waals surface area contributed by atoms with Crippen LogP contribution in [-0.2, 0) is 0 Å². The topological polar surface area (TPSA) is 42.0 Å². The van der Waals surface area contributed by atoms with Gasteiger partial charge >= 0.3 is 0 Å². The van der Waals surface area contributed by atoms with Crippen molar-refractivity contribution in [3.8, 4) is 0 Å². The normalized spacial score (nSPS) is 16.6. The lowest BCUT2D eigenvalue weighted by atomic mass is 10.0. The van der Waals surface area contributed by atoms with Gasteiger partial charge in [0.2, 0.25) is 0 Å². The molecule has 0 atom stereocenters. The molecule has 0 bridgehead atoms. The standard InChI is InChI=1S/C12H14BrClN2OS/c13-9-5-10(11(14)15-7-9)12(17)16-6-8-1-3-18-4-2-8/h5,7-8H,1-4,6H2,(H,16,17). The van der Waals surface area contributed by atoms with Gasteiger partial charge in [0.15, 0.2) is 0 Å². The second-order valence-corrected chi connectivity index (χ2v) is 6.76. The lowest BCUT2D eigenvalue weighted by Crippen LogP contribution is -2.31. The summed E-state index contributed by atoms with van der Waals surface area (Å²) in [5.41, 5.74) is 0.427. The van der Waals surface area contributed by atoms with E-state index in [2.05, 4.69) is 26.2 Å². The van der Waals surface area contributed by atoms with Gasteiger partial charge in [0.05, 0.1) is 5.56 Å². The van der Waals surface area contributed by atoms with Gasteiger partial charge in [0, 0.05) is 17.2 Å². The molecule has 1 amide bonds. The minimum Gasteiger partial charge on any atom is -0.352 e. The highest BCUT2D eigenvalue weighted by Gasteiger charge is 2.17. The highest BCUT2D eigenvalue weighted by molar-refractivity contribution is 9.10. The van der Waals surface area contributed by atoms with Crippen LogP contribution in [-0.4, -0.2) is 28.9 Å². The van der Waals surface area contributed by atoms with E-state index in [0.29, 0.717) is 11.5 Å². The van der Waals surface area contributed by atoms with E-state index in [-0.39, 0.29) is 11.1 Å². The van der Waals surface area contributed by atoms with Crippen molar-refractivity contribution >= 4 is 45.2 Å². The van der Waals surface area contributed by atoms with E-state index in [9.17, 15) is 4.79 Å². The molecule has 1 N–H and O–H groups in total. The molecule has 1 aliphatic heterocycles. The predicted octanol–water partition coefficient (Wildman–Crippen LogP) is 3.37. The summed E-state index contributed by atoms with van der Waals surface area (Å²) in [6, 6.07) is 1.70. The third-order valence-electron chi connectivity index (χ3n) is 2.94. The van der Waals surface area contributed by atoms with Crippen LogP contribution in [0.4, 0.5) is 0 Å². The fourth-order valence-corrected chi connectivity index (χ4v) is 3.59. The van der Waals surface area contributed by atoms with Gasteiger partial charge in [-0.3, -0.25) is 4.79 Å². The maximum Gasteiger partial charge on any atom is 0.254 e. The molecular weight excluding hydrogens is 336 g/mol. The monoisotopic (exact) mass is 348 g/mol. The average Bonchev–Trinajstić information content (AvgIpc) is 2.40. The molecular formula is C12H14BrClN2OS. The number of carbonyl (C=O) groups excluding carboxylic acids is 1. The molecule has 1 aliphatic rings. The summed E-state index contributed by atoms with van der Waals surface area (Å²) in [6.07, 6.45) is 3.93. The number of halogens is 2. The summed E-state index contributed by atoms with van der Waals surface area (Å²) in [5, 5.41) is 3.19. The number of amides is 1. The fourth-order valence-electron chi connectivity index (χ4n) is 1.86. The number of aromatic nitrogens is 1. The van der Waals surface area contributed by atoms with Crippen molar-refractivity contribution < 1.29 is 4.79 Å². The van der Waals surface area contributed by atoms with Crippen molar-refractivity contribution in [1.82, 2.24) is 10.3 Å². The van der Waals surface area contributed by atoms with Crippen LogP contribution in [0.2, 0.25) is 5.15 Å². The third kappa shape index (κ3) is 3.87. The molecule has 2 heterocycles. The van der Waals surface area contributed by atoms with Crippen LogP contribution in [0.1, 0.15) is 23.2 Å². The van der Waals surface area contributed by atoms with Crippen molar-refractivity contribution in [2.75, 3.05) is 18.1 Å². The van der Waals surface area contributed by atoms with E-state index in [0.717, 1.165) is 11.0 Å². The van der Waals surface area contributed by atoms with Crippen LogP contribution in [0.15, 0.2) is 16.7 Å². The molecule has 1 saturated heterocycles. The summed E-state index contributed by atoms with van der Waals surface area (Å²) in [6.45, 7) is 0.724. The van der Waals surface area contributed by atoms with Crippen LogP contribution < -0.4 is 5.32 Å². The number of carbonyl (C=O) groups is 1. The summed E-state index contributed by atoms with van der Waals surface area (Å²) in [7, 11) is 0. The van der Waals surface area contributed by atoms with E-state index in [1.807, 2.05) is 11.8 Å². The molecule has 0 aliphatic carbocycles. The van der Waals surface area contributed by atoms with Gasteiger partial charge in [-0.1, -0.05) is 11.6 Å². The Hall–Kier alpha value is -0.260. The molecule has 1 aromatic heterocycles. The summed E-state index contributed by atoms with van der Waals surface area (Å²) in [5.74, 6) is 2.83. The number of thioether (sulfide) groups is 1. The summed E-state index contributed by atoms with van der Waals surface area (Å²) in [4.78, 5) is 15.9. The Morgan fingerprint density at radius 3 is 3.00 bits per heavy atom. The second-order valence-electron chi connectivity index (χ2n) is 4.26. The van der Waals surface area contributed by atoms with Gasteiger partial charge in [-0.05, 0) is 52.3 Å². The number of nitrogens with zero attached hydrogens (tertiary/aromatic N) is 1. The molecule has 0 spiro atoms. The molecule has 0 saturated carbocycles. The van der Waals surface area contributed by atoms with Crippen molar-refractivity contribution in [1.29, 1.82) is 0 Å². The Balaban J connectivity index is 1.92. The average molecular weight is 350 g/mol. The molecule has 0 unspecified atom stereocenters. The first-order valence-corrected chi connectivity index (χ1v) is 8.16. The zero-order chi connectivity index (χ0) is 13.0. The molecule has 1 fully saturated rings. The lowest BCUT2D eigenvalue weighted by Gasteiger charge is -2.21. The van der Waals surface area contributed by atoms with Crippen molar-refractivity contribution in [2.45, 2.75) is 12.8 Å². The molecule has 1 aromatic rings. The Kier molecular flexibility index (Phi) is 5.33. The summed E-state index contributed by atoms with van der Waals surface area (Å²) >= 11 is 11.2. The Bertz CT molecular complexity index is 438. The van der Waals surface area contributed by atoms with Gasteiger partial charge in [-0.25, -0.2) is 4.98 Å². The zero-order valence-electron chi connectivity index (χ0n) is 9.79. The first-order valence-electron chi connectivity index (χ1n) is 5.84. The number of pyridine rings is 1. The molecule has 98 valence electrons. The molecule has 0 radical (unpaired) electrons. The number of hydrogen-bond donors (Lipinski definition) is 1. The molecule has 6 heteroatoms. The van der Waals surface area contributed by atoms with Gasteiger partial charge in [-0.2, -0.15) is 11.8 Å². The quantitative estimate of drug-likeness (QED) is 0.851. The van der Waals surface area contributed by atoms with Crippen LogP contribution in [0.3, 0.4) is 0 Å². The number of rotatable bonds is 3. The largest absolute Gasteiger partial charge is 0.352 e. The minimum absolute atomic E-state index is 0.146. The molecule has 18 heavy (non-hydrogen) atoms. The van der Waals surface area contributed by atoms with Crippen LogP contribution in [0.5, 0.6) is 0 Å². The van der Waals surface area contributed by atoms with E-state index in [1.165, 1.54) is 24.3 Å². The first-order chi connectivity index (χ1) is 8.66. The number of hydrogen-bond acceptors (Lipinski definition) is 3. The second kappa shape index (κ2) is 6.78. The van der Waals surface area contributed by atoms with E-state index in [1.54, 1.807) is 12.3 Å². The Labute approximate surface area is 124 Å². The molecule has 3 nitrogen and oxygen atoms in total. The molecule has 2 rings (SSSR count). The Morgan fingerprint density at radius 1 is 1.56 bits per heavy atom. The lowest BCUT2D eigenvalue weighted by molar-refractivity contribution is 0.0946. The highest BCUT2D eigenvalue weighted by atomic mass is 79.9. The van der Waals surface area contributed by atoms with Gasteiger partial charge in [0.25, 0.3) is 5.91 Å². The van der Waals surface area contributed by atoms with Crippen molar-refractivity contribution in [3.63, 3.8) is 0 Å². The SMILES string of the molecule is O=C(NCC1CCSCC1)c1cc(Br)cnc1Cl. The predicted molar refractivity (Wildman–Crippen MR) is 79.3 cm³/mol. The van der Waals surface area contributed by atoms with Crippen LogP contribution in [0, 0.1) is 5.92 Å². The van der Waals surface area contributed by atoms with Gasteiger partial charge in [0.1, 0.15) is 5.15 Å². The third-order valence-corrected chi connectivity index (χ3v) is 4.73. The smallest absolute Gasteiger partial charge is 0.254 e. The van der Waals surface area contributed by atoms with Gasteiger partial charge < -0.3 is 5.32 Å². The number of nitrogens with one attached hydrogen (secondary N) is 1. The van der Waals surface area contributed by atoms with Crippen LogP contribution in [0.25, 0.3) is 0 Å². The van der Waals surface area contributed by atoms with Crippen molar-refractivity contribution in [2.24, 2.45) is 5.92 Å². The molecule has 0 aromatic carbocycles. The zero-order valence-corrected chi connectivity index (χ0v) is 12.9. The first kappa shape index (κ1) is 14.2. The van der Waals surface area contributed by atoms with E-state index >= 15 is 0 Å². The van der Waals surface area contributed by atoms with E-state index < -0.39 is 0 Å². The Morgan fingerprint density at radius 2 is 2.28 bits per heavy atom. The maximum atomic E-state index is 12.0.